The van der Waals surface area contributed by atoms with E-state index < -0.39 is 6.10 Å². The molecule has 0 aliphatic heterocycles. The van der Waals surface area contributed by atoms with Gasteiger partial charge in [0.1, 0.15) is 12.4 Å². The van der Waals surface area contributed by atoms with Crippen LogP contribution in [0, 0.1) is 12.8 Å². The van der Waals surface area contributed by atoms with Gasteiger partial charge in [0.05, 0.1) is 11.7 Å². The van der Waals surface area contributed by atoms with Crippen LogP contribution < -0.4 is 4.74 Å². The maximum atomic E-state index is 11.0. The fourth-order valence-electron chi connectivity index (χ4n) is 2.78. The van der Waals surface area contributed by atoms with Gasteiger partial charge >= 0.3 is 0 Å². The number of benzene rings is 1. The lowest BCUT2D eigenvalue weighted by atomic mass is 10.0. The summed E-state index contributed by atoms with van der Waals surface area (Å²) < 4.78 is 5.57. The van der Waals surface area contributed by atoms with Crippen molar-refractivity contribution in [3.05, 3.63) is 29.3 Å². The van der Waals surface area contributed by atoms with Crippen LogP contribution in [0.1, 0.15) is 48.0 Å². The SMILES string of the molecule is Cc1ccc(OCC(O)CC2CCCC2)c(C=O)c1. The molecule has 2 rings (SSSR count). The molecule has 1 atom stereocenters. The van der Waals surface area contributed by atoms with E-state index in [0.29, 0.717) is 17.2 Å². The van der Waals surface area contributed by atoms with E-state index in [-0.39, 0.29) is 6.61 Å². The van der Waals surface area contributed by atoms with E-state index in [9.17, 15) is 9.90 Å². The van der Waals surface area contributed by atoms with E-state index in [2.05, 4.69) is 0 Å². The van der Waals surface area contributed by atoms with Crippen molar-refractivity contribution in [2.75, 3.05) is 6.61 Å². The molecule has 1 aliphatic carbocycles. The van der Waals surface area contributed by atoms with Gasteiger partial charge in [0.2, 0.25) is 0 Å². The molecule has 0 spiro atoms. The number of aldehydes is 1. The zero-order chi connectivity index (χ0) is 13.7. The Morgan fingerprint density at radius 3 is 2.84 bits per heavy atom. The molecule has 0 amide bonds. The Labute approximate surface area is 114 Å². The van der Waals surface area contributed by atoms with Gasteiger partial charge in [0.15, 0.2) is 6.29 Å². The van der Waals surface area contributed by atoms with Crippen LogP contribution >= 0.6 is 0 Å². The van der Waals surface area contributed by atoms with E-state index >= 15 is 0 Å². The number of aliphatic hydroxyl groups is 1. The summed E-state index contributed by atoms with van der Waals surface area (Å²) in [7, 11) is 0. The molecule has 1 aliphatic rings. The molecule has 0 radical (unpaired) electrons. The van der Waals surface area contributed by atoms with Gasteiger partial charge in [0, 0.05) is 0 Å². The minimum Gasteiger partial charge on any atom is -0.490 e. The number of rotatable bonds is 6. The lowest BCUT2D eigenvalue weighted by Gasteiger charge is -2.16. The first-order chi connectivity index (χ1) is 9.19. The van der Waals surface area contributed by atoms with Crippen molar-refractivity contribution >= 4 is 6.29 Å². The Bertz CT molecular complexity index is 422. The number of hydrogen-bond acceptors (Lipinski definition) is 3. The van der Waals surface area contributed by atoms with Crippen LogP contribution in [0.15, 0.2) is 18.2 Å². The highest BCUT2D eigenvalue weighted by Crippen LogP contribution is 2.28. The number of carbonyl (C=O) groups excluding carboxylic acids is 1. The fourth-order valence-corrected chi connectivity index (χ4v) is 2.78. The smallest absolute Gasteiger partial charge is 0.153 e. The summed E-state index contributed by atoms with van der Waals surface area (Å²) in [5.41, 5.74) is 1.58. The molecule has 0 heterocycles. The molecule has 1 aromatic carbocycles. The van der Waals surface area contributed by atoms with Crippen LogP contribution in [0.3, 0.4) is 0 Å². The normalized spacial score (nSPS) is 17.4. The van der Waals surface area contributed by atoms with Gasteiger partial charge in [-0.15, -0.1) is 0 Å². The lowest BCUT2D eigenvalue weighted by Crippen LogP contribution is -2.20. The molecule has 1 aromatic rings. The minimum atomic E-state index is -0.441. The van der Waals surface area contributed by atoms with Gasteiger partial charge in [0.25, 0.3) is 0 Å². The van der Waals surface area contributed by atoms with E-state index in [1.165, 1.54) is 25.7 Å². The van der Waals surface area contributed by atoms with Crippen LogP contribution in [0.25, 0.3) is 0 Å². The highest BCUT2D eigenvalue weighted by molar-refractivity contribution is 5.79. The largest absolute Gasteiger partial charge is 0.490 e. The average molecular weight is 262 g/mol. The Morgan fingerprint density at radius 2 is 2.16 bits per heavy atom. The third-order valence-electron chi connectivity index (χ3n) is 3.80. The van der Waals surface area contributed by atoms with Gasteiger partial charge in [-0.2, -0.15) is 0 Å². The monoisotopic (exact) mass is 262 g/mol. The first-order valence-corrected chi connectivity index (χ1v) is 7.05. The van der Waals surface area contributed by atoms with Crippen LogP contribution in [0.5, 0.6) is 5.75 Å². The molecule has 1 saturated carbocycles. The van der Waals surface area contributed by atoms with Crippen molar-refractivity contribution in [2.45, 2.75) is 45.1 Å². The molecule has 0 aromatic heterocycles. The second-order valence-electron chi connectivity index (χ2n) is 5.51. The number of ether oxygens (including phenoxy) is 1. The Balaban J connectivity index is 1.85. The summed E-state index contributed by atoms with van der Waals surface area (Å²) >= 11 is 0. The predicted molar refractivity (Wildman–Crippen MR) is 74.6 cm³/mol. The maximum absolute atomic E-state index is 11.0. The second kappa shape index (κ2) is 6.71. The Kier molecular flexibility index (Phi) is 4.97. The van der Waals surface area contributed by atoms with Crippen molar-refractivity contribution in [3.8, 4) is 5.75 Å². The van der Waals surface area contributed by atoms with Gasteiger partial charge in [-0.3, -0.25) is 4.79 Å². The molecule has 1 fully saturated rings. The fraction of sp³-hybridized carbons (Fsp3) is 0.562. The molecule has 0 bridgehead atoms. The molecule has 0 saturated heterocycles. The zero-order valence-corrected chi connectivity index (χ0v) is 11.5. The van der Waals surface area contributed by atoms with Crippen molar-refractivity contribution in [2.24, 2.45) is 5.92 Å². The summed E-state index contributed by atoms with van der Waals surface area (Å²) in [4.78, 5) is 11.0. The maximum Gasteiger partial charge on any atom is 0.153 e. The van der Waals surface area contributed by atoms with Crippen molar-refractivity contribution in [1.29, 1.82) is 0 Å². The number of aliphatic hydroxyl groups excluding tert-OH is 1. The van der Waals surface area contributed by atoms with Gasteiger partial charge in [-0.05, 0) is 31.4 Å². The average Bonchev–Trinajstić information content (AvgIpc) is 2.90. The third-order valence-corrected chi connectivity index (χ3v) is 3.80. The van der Waals surface area contributed by atoms with Gasteiger partial charge < -0.3 is 9.84 Å². The molecule has 1 N–H and O–H groups in total. The van der Waals surface area contributed by atoms with E-state index in [4.69, 9.17) is 4.74 Å². The summed E-state index contributed by atoms with van der Waals surface area (Å²) in [6, 6.07) is 5.50. The summed E-state index contributed by atoms with van der Waals surface area (Å²) in [5.74, 6) is 1.20. The van der Waals surface area contributed by atoms with E-state index in [1.807, 2.05) is 13.0 Å². The van der Waals surface area contributed by atoms with Crippen molar-refractivity contribution in [3.63, 3.8) is 0 Å². The van der Waals surface area contributed by atoms with Gasteiger partial charge in [-0.25, -0.2) is 0 Å². The predicted octanol–water partition coefficient (Wildman–Crippen LogP) is 3.13. The number of carbonyl (C=O) groups is 1. The topological polar surface area (TPSA) is 46.5 Å². The molecule has 19 heavy (non-hydrogen) atoms. The highest BCUT2D eigenvalue weighted by atomic mass is 16.5. The summed E-state index contributed by atoms with van der Waals surface area (Å²) in [6.07, 6.45) is 6.18. The van der Waals surface area contributed by atoms with Crippen LogP contribution in [-0.2, 0) is 0 Å². The van der Waals surface area contributed by atoms with Crippen LogP contribution in [0.4, 0.5) is 0 Å². The number of hydrogen-bond donors (Lipinski definition) is 1. The molecule has 104 valence electrons. The summed E-state index contributed by atoms with van der Waals surface area (Å²) in [6.45, 7) is 2.20. The standard InChI is InChI=1S/C16H22O3/c1-12-6-7-16(14(8-12)10-17)19-11-15(18)9-13-4-2-3-5-13/h6-8,10,13,15,18H,2-5,9,11H2,1H3. The molecular formula is C16H22O3. The Hall–Kier alpha value is -1.35. The van der Waals surface area contributed by atoms with Crippen molar-refractivity contribution < 1.29 is 14.6 Å². The van der Waals surface area contributed by atoms with Crippen LogP contribution in [-0.4, -0.2) is 24.1 Å². The second-order valence-corrected chi connectivity index (χ2v) is 5.51. The minimum absolute atomic E-state index is 0.264. The summed E-state index contributed by atoms with van der Waals surface area (Å²) in [5, 5.41) is 9.98. The van der Waals surface area contributed by atoms with E-state index in [0.717, 1.165) is 18.3 Å². The third kappa shape index (κ3) is 4.06. The first-order valence-electron chi connectivity index (χ1n) is 7.05. The Morgan fingerprint density at radius 1 is 1.42 bits per heavy atom. The highest BCUT2D eigenvalue weighted by Gasteiger charge is 2.19. The molecular weight excluding hydrogens is 240 g/mol. The first kappa shape index (κ1) is 14.1. The van der Waals surface area contributed by atoms with Gasteiger partial charge in [-0.1, -0.05) is 37.3 Å². The molecule has 3 heteroatoms. The lowest BCUT2D eigenvalue weighted by molar-refractivity contribution is 0.0846. The quantitative estimate of drug-likeness (QED) is 0.801. The number of aryl methyl sites for hydroxylation is 1. The van der Waals surface area contributed by atoms with Crippen molar-refractivity contribution in [1.82, 2.24) is 0 Å². The molecule has 3 nitrogen and oxygen atoms in total. The van der Waals surface area contributed by atoms with Crippen LogP contribution in [0.2, 0.25) is 0 Å². The van der Waals surface area contributed by atoms with E-state index in [1.54, 1.807) is 12.1 Å². The molecule has 1 unspecified atom stereocenters. The zero-order valence-electron chi connectivity index (χ0n) is 11.5.